The number of nitrogens with zero attached hydrogens (tertiary/aromatic N) is 5. The molecule has 142 valence electrons. The van der Waals surface area contributed by atoms with Crippen LogP contribution in [0.2, 0.25) is 5.02 Å². The quantitative estimate of drug-likeness (QED) is 0.545. The average molecular weight is 395 g/mol. The van der Waals surface area contributed by atoms with E-state index in [-0.39, 0.29) is 0 Å². The number of aromatic amines is 1. The number of aryl methyl sites for hydroxylation is 1. The summed E-state index contributed by atoms with van der Waals surface area (Å²) in [6.07, 6.45) is 8.63. The van der Waals surface area contributed by atoms with Crippen molar-refractivity contribution in [3.05, 3.63) is 41.4 Å². The number of hydrogen-bond acceptors (Lipinski definition) is 6. The lowest BCUT2D eigenvalue weighted by atomic mass is 10.1. The molecule has 0 atom stereocenters. The minimum atomic E-state index is 0.410. The van der Waals surface area contributed by atoms with E-state index in [2.05, 4.69) is 30.0 Å². The number of hydrogen-bond donors (Lipinski definition) is 1. The Labute approximate surface area is 166 Å². The van der Waals surface area contributed by atoms with Crippen molar-refractivity contribution in [2.24, 2.45) is 0 Å². The smallest absolute Gasteiger partial charge is 0.246 e. The monoisotopic (exact) mass is 394 g/mol. The lowest BCUT2D eigenvalue weighted by Crippen LogP contribution is -2.30. The lowest BCUT2D eigenvalue weighted by Gasteiger charge is -2.28. The van der Waals surface area contributed by atoms with Crippen LogP contribution in [0.5, 0.6) is 11.6 Å². The predicted molar refractivity (Wildman–Crippen MR) is 109 cm³/mol. The summed E-state index contributed by atoms with van der Waals surface area (Å²) in [5.74, 6) is 1.87. The minimum Gasteiger partial charge on any atom is -0.435 e. The van der Waals surface area contributed by atoms with Crippen molar-refractivity contribution >= 4 is 39.2 Å². The highest BCUT2D eigenvalue weighted by atomic mass is 35.5. The average Bonchev–Trinajstić information content (AvgIpc) is 3.19. The zero-order chi connectivity index (χ0) is 19.1. The normalized spacial score (nSPS) is 14.7. The van der Waals surface area contributed by atoms with Gasteiger partial charge in [0.2, 0.25) is 5.88 Å². The highest BCUT2D eigenvalue weighted by molar-refractivity contribution is 6.34. The van der Waals surface area contributed by atoms with Crippen molar-refractivity contribution in [2.75, 3.05) is 18.0 Å². The van der Waals surface area contributed by atoms with Crippen LogP contribution in [0, 0.1) is 6.92 Å². The molecule has 0 unspecified atom stereocenters. The fourth-order valence-electron chi connectivity index (χ4n) is 3.74. The number of benzene rings is 1. The molecule has 1 aliphatic rings. The van der Waals surface area contributed by atoms with E-state index in [1.807, 2.05) is 19.1 Å². The van der Waals surface area contributed by atoms with E-state index in [9.17, 15) is 0 Å². The van der Waals surface area contributed by atoms with Crippen LogP contribution in [0.25, 0.3) is 21.8 Å². The summed E-state index contributed by atoms with van der Waals surface area (Å²) < 4.78 is 6.21. The van der Waals surface area contributed by atoms with Gasteiger partial charge < -0.3 is 9.64 Å². The van der Waals surface area contributed by atoms with E-state index in [4.69, 9.17) is 16.3 Å². The van der Waals surface area contributed by atoms with E-state index in [0.717, 1.165) is 40.8 Å². The van der Waals surface area contributed by atoms with Crippen molar-refractivity contribution in [2.45, 2.75) is 26.2 Å². The molecule has 0 aliphatic carbocycles. The highest BCUT2D eigenvalue weighted by Gasteiger charge is 2.20. The summed E-state index contributed by atoms with van der Waals surface area (Å²) in [5, 5.41) is 9.35. The number of aromatic nitrogens is 5. The van der Waals surface area contributed by atoms with E-state index < -0.39 is 0 Å². The molecule has 1 aliphatic heterocycles. The molecule has 1 fully saturated rings. The minimum absolute atomic E-state index is 0.410. The molecular weight excluding hydrogens is 376 g/mol. The van der Waals surface area contributed by atoms with Crippen LogP contribution in [0.1, 0.15) is 24.8 Å². The maximum Gasteiger partial charge on any atom is 0.246 e. The molecule has 5 rings (SSSR count). The second-order valence-corrected chi connectivity index (χ2v) is 7.41. The van der Waals surface area contributed by atoms with Gasteiger partial charge in [0.25, 0.3) is 0 Å². The zero-order valence-electron chi connectivity index (χ0n) is 15.4. The second kappa shape index (κ2) is 6.91. The van der Waals surface area contributed by atoms with Crippen molar-refractivity contribution in [1.29, 1.82) is 0 Å². The first-order valence-corrected chi connectivity index (χ1v) is 9.75. The van der Waals surface area contributed by atoms with Gasteiger partial charge in [-0.2, -0.15) is 5.10 Å². The molecule has 1 N–H and O–H groups in total. The Kier molecular flexibility index (Phi) is 4.24. The topological polar surface area (TPSA) is 79.8 Å². The van der Waals surface area contributed by atoms with Gasteiger partial charge in [-0.25, -0.2) is 15.0 Å². The molecule has 0 amide bonds. The van der Waals surface area contributed by atoms with Crippen molar-refractivity contribution in [3.8, 4) is 11.6 Å². The number of anilines is 1. The van der Waals surface area contributed by atoms with Gasteiger partial charge in [0.1, 0.15) is 17.7 Å². The molecular formula is C20H19ClN6O. The SMILES string of the molecule is Cc1cc2[nH]ncc2c(Oc2nccc3c(N4CCCCC4)ncnc23)c1Cl. The van der Waals surface area contributed by atoms with Crippen molar-refractivity contribution in [3.63, 3.8) is 0 Å². The fraction of sp³-hybridized carbons (Fsp3) is 0.300. The summed E-state index contributed by atoms with van der Waals surface area (Å²) in [6, 6.07) is 3.89. The number of H-pyrrole nitrogens is 1. The molecule has 4 aromatic rings. The van der Waals surface area contributed by atoms with E-state index in [0.29, 0.717) is 22.2 Å². The van der Waals surface area contributed by atoms with E-state index in [1.165, 1.54) is 19.3 Å². The van der Waals surface area contributed by atoms with Gasteiger partial charge in [0, 0.05) is 24.7 Å². The first-order chi connectivity index (χ1) is 13.7. The van der Waals surface area contributed by atoms with Crippen LogP contribution in [0.15, 0.2) is 30.9 Å². The van der Waals surface area contributed by atoms with Gasteiger partial charge in [0.15, 0.2) is 5.75 Å². The van der Waals surface area contributed by atoms with Crippen LogP contribution in [-0.4, -0.2) is 38.2 Å². The molecule has 28 heavy (non-hydrogen) atoms. The Morgan fingerprint density at radius 1 is 1.11 bits per heavy atom. The third kappa shape index (κ3) is 2.82. The molecule has 0 bridgehead atoms. The Hall–Kier alpha value is -2.93. The summed E-state index contributed by atoms with van der Waals surface area (Å²) >= 11 is 6.55. The third-order valence-corrected chi connectivity index (χ3v) is 5.64. The summed E-state index contributed by atoms with van der Waals surface area (Å²) in [7, 11) is 0. The fourth-order valence-corrected chi connectivity index (χ4v) is 3.94. The van der Waals surface area contributed by atoms with Gasteiger partial charge >= 0.3 is 0 Å². The van der Waals surface area contributed by atoms with Gasteiger partial charge in [0.05, 0.1) is 22.1 Å². The van der Waals surface area contributed by atoms with Crippen LogP contribution < -0.4 is 9.64 Å². The molecule has 8 heteroatoms. The Bertz CT molecular complexity index is 1170. The Balaban J connectivity index is 1.63. The molecule has 0 radical (unpaired) electrons. The number of fused-ring (bicyclic) bond motifs is 2. The van der Waals surface area contributed by atoms with E-state index in [1.54, 1.807) is 18.7 Å². The number of pyridine rings is 1. The van der Waals surface area contributed by atoms with Crippen molar-refractivity contribution in [1.82, 2.24) is 25.1 Å². The van der Waals surface area contributed by atoms with Gasteiger partial charge in [-0.1, -0.05) is 11.6 Å². The second-order valence-electron chi connectivity index (χ2n) is 7.03. The zero-order valence-corrected chi connectivity index (χ0v) is 16.2. The Morgan fingerprint density at radius 2 is 1.96 bits per heavy atom. The summed E-state index contributed by atoms with van der Waals surface area (Å²) in [6.45, 7) is 3.94. The van der Waals surface area contributed by atoms with Gasteiger partial charge in [-0.05, 0) is 43.9 Å². The first kappa shape index (κ1) is 17.2. The maximum absolute atomic E-state index is 6.55. The van der Waals surface area contributed by atoms with Crippen molar-refractivity contribution < 1.29 is 4.74 Å². The number of ether oxygens (including phenoxy) is 1. The Morgan fingerprint density at radius 3 is 2.82 bits per heavy atom. The molecule has 0 spiro atoms. The summed E-state index contributed by atoms with van der Waals surface area (Å²) in [4.78, 5) is 15.7. The largest absolute Gasteiger partial charge is 0.435 e. The van der Waals surface area contributed by atoms with Crippen LogP contribution >= 0.6 is 11.6 Å². The van der Waals surface area contributed by atoms with E-state index >= 15 is 0 Å². The standard InChI is InChI=1S/C20H19ClN6O/c1-12-9-15-14(10-25-26-15)18(16(12)21)28-20-17-13(5-6-22-20)19(24-11-23-17)27-7-3-2-4-8-27/h5-6,9-11H,2-4,7-8H2,1H3,(H,25,26). The maximum atomic E-state index is 6.55. The molecule has 0 saturated carbocycles. The van der Waals surface area contributed by atoms with Crippen LogP contribution in [-0.2, 0) is 0 Å². The number of halogens is 1. The number of nitrogens with one attached hydrogen (secondary N) is 1. The predicted octanol–water partition coefficient (Wildman–Crippen LogP) is 4.65. The summed E-state index contributed by atoms with van der Waals surface area (Å²) in [5.41, 5.74) is 2.44. The first-order valence-electron chi connectivity index (χ1n) is 9.37. The number of piperidine rings is 1. The lowest BCUT2D eigenvalue weighted by molar-refractivity contribution is 0.473. The molecule has 7 nitrogen and oxygen atoms in total. The highest BCUT2D eigenvalue weighted by Crippen LogP contribution is 2.40. The van der Waals surface area contributed by atoms with Crippen LogP contribution in [0.3, 0.4) is 0 Å². The molecule has 1 saturated heterocycles. The van der Waals surface area contributed by atoms with Gasteiger partial charge in [-0.15, -0.1) is 0 Å². The third-order valence-electron chi connectivity index (χ3n) is 5.17. The van der Waals surface area contributed by atoms with Crippen LogP contribution in [0.4, 0.5) is 5.82 Å². The number of rotatable bonds is 3. The molecule has 1 aromatic carbocycles. The molecule has 3 aromatic heterocycles. The van der Waals surface area contributed by atoms with Gasteiger partial charge in [-0.3, -0.25) is 5.10 Å². The molecule has 4 heterocycles.